The van der Waals surface area contributed by atoms with Crippen LogP contribution in [-0.2, 0) is 11.3 Å². The Morgan fingerprint density at radius 3 is 2.95 bits per heavy atom. The number of nitrogens with zero attached hydrogens (tertiary/aromatic N) is 1. The molecule has 0 bridgehead atoms. The van der Waals surface area contributed by atoms with E-state index >= 15 is 0 Å². The SMILES string of the molecule is CCCCN1C(=O)CCC1CCNCc1ccccc1F. The molecule has 1 aromatic rings. The lowest BCUT2D eigenvalue weighted by atomic mass is 10.1. The molecule has 1 saturated heterocycles. The number of carbonyl (C=O) groups is 1. The van der Waals surface area contributed by atoms with E-state index in [4.69, 9.17) is 0 Å². The monoisotopic (exact) mass is 292 g/mol. The number of unbranched alkanes of at least 4 members (excludes halogenated alkanes) is 1. The average molecular weight is 292 g/mol. The first-order chi connectivity index (χ1) is 10.2. The van der Waals surface area contributed by atoms with Gasteiger partial charge in [0.25, 0.3) is 0 Å². The van der Waals surface area contributed by atoms with Crippen LogP contribution in [-0.4, -0.2) is 29.9 Å². The van der Waals surface area contributed by atoms with Gasteiger partial charge in [-0.25, -0.2) is 4.39 Å². The molecule has 0 radical (unpaired) electrons. The summed E-state index contributed by atoms with van der Waals surface area (Å²) in [5.74, 6) is 0.133. The van der Waals surface area contributed by atoms with Crippen molar-refractivity contribution in [3.05, 3.63) is 35.6 Å². The van der Waals surface area contributed by atoms with Crippen molar-refractivity contribution in [2.45, 2.75) is 51.6 Å². The summed E-state index contributed by atoms with van der Waals surface area (Å²) in [5, 5.41) is 3.28. The van der Waals surface area contributed by atoms with E-state index in [2.05, 4.69) is 12.2 Å². The third kappa shape index (κ3) is 4.53. The molecule has 1 aliphatic heterocycles. The lowest BCUT2D eigenvalue weighted by molar-refractivity contribution is -0.129. The van der Waals surface area contributed by atoms with Crippen LogP contribution in [0.25, 0.3) is 0 Å². The maximum atomic E-state index is 13.5. The molecule has 1 aliphatic rings. The molecule has 0 saturated carbocycles. The molecule has 1 amide bonds. The minimum absolute atomic E-state index is 0.161. The first-order valence-corrected chi connectivity index (χ1v) is 7.96. The number of rotatable bonds is 8. The van der Waals surface area contributed by atoms with E-state index < -0.39 is 0 Å². The molecule has 3 nitrogen and oxygen atoms in total. The number of hydrogen-bond acceptors (Lipinski definition) is 2. The van der Waals surface area contributed by atoms with Crippen LogP contribution in [0.15, 0.2) is 24.3 Å². The Labute approximate surface area is 126 Å². The minimum atomic E-state index is -0.161. The molecule has 0 aromatic heterocycles. The van der Waals surface area contributed by atoms with Crippen molar-refractivity contribution in [3.63, 3.8) is 0 Å². The van der Waals surface area contributed by atoms with Crippen LogP contribution in [0, 0.1) is 5.82 Å². The fraction of sp³-hybridized carbons (Fsp3) is 0.588. The average Bonchev–Trinajstić information content (AvgIpc) is 2.83. The molecular formula is C17H25FN2O. The summed E-state index contributed by atoms with van der Waals surface area (Å²) < 4.78 is 13.5. The number of benzene rings is 1. The second-order valence-electron chi connectivity index (χ2n) is 5.69. The van der Waals surface area contributed by atoms with Gasteiger partial charge in [0.15, 0.2) is 0 Å². The smallest absolute Gasteiger partial charge is 0.222 e. The highest BCUT2D eigenvalue weighted by Gasteiger charge is 2.29. The standard InChI is InChI=1S/C17H25FN2O/c1-2-3-12-20-15(8-9-17(20)21)10-11-19-13-14-6-4-5-7-16(14)18/h4-7,15,19H,2-3,8-13H2,1H3. The zero-order chi connectivity index (χ0) is 15.1. The molecular weight excluding hydrogens is 267 g/mol. The Balaban J connectivity index is 1.72. The van der Waals surface area contributed by atoms with Gasteiger partial charge in [-0.3, -0.25) is 4.79 Å². The van der Waals surface area contributed by atoms with Crippen molar-refractivity contribution >= 4 is 5.91 Å². The highest BCUT2D eigenvalue weighted by molar-refractivity contribution is 5.78. The predicted molar refractivity (Wildman–Crippen MR) is 82.4 cm³/mol. The van der Waals surface area contributed by atoms with Crippen LogP contribution in [0.1, 0.15) is 44.6 Å². The molecule has 1 heterocycles. The number of hydrogen-bond donors (Lipinski definition) is 1. The summed E-state index contributed by atoms with van der Waals surface area (Å²) in [6.45, 7) is 4.38. The van der Waals surface area contributed by atoms with E-state index in [0.717, 1.165) is 38.8 Å². The van der Waals surface area contributed by atoms with Gasteiger partial charge in [-0.1, -0.05) is 31.5 Å². The lowest BCUT2D eigenvalue weighted by Gasteiger charge is -2.24. The van der Waals surface area contributed by atoms with Gasteiger partial charge >= 0.3 is 0 Å². The van der Waals surface area contributed by atoms with E-state index in [0.29, 0.717) is 30.5 Å². The summed E-state index contributed by atoms with van der Waals surface area (Å²) in [6, 6.07) is 7.20. The van der Waals surface area contributed by atoms with Crippen molar-refractivity contribution in [2.24, 2.45) is 0 Å². The van der Waals surface area contributed by atoms with Crippen molar-refractivity contribution in [1.29, 1.82) is 0 Å². The van der Waals surface area contributed by atoms with E-state index in [1.165, 1.54) is 6.07 Å². The minimum Gasteiger partial charge on any atom is -0.340 e. The van der Waals surface area contributed by atoms with E-state index in [-0.39, 0.29) is 5.82 Å². The lowest BCUT2D eigenvalue weighted by Crippen LogP contribution is -2.35. The molecule has 0 spiro atoms. The fourth-order valence-corrected chi connectivity index (χ4v) is 2.86. The van der Waals surface area contributed by atoms with Gasteiger partial charge < -0.3 is 10.2 Å². The highest BCUT2D eigenvalue weighted by atomic mass is 19.1. The van der Waals surface area contributed by atoms with Crippen LogP contribution in [0.4, 0.5) is 4.39 Å². The molecule has 0 aliphatic carbocycles. The molecule has 1 fully saturated rings. The van der Waals surface area contributed by atoms with Crippen molar-refractivity contribution in [3.8, 4) is 0 Å². The molecule has 116 valence electrons. The summed E-state index contributed by atoms with van der Waals surface area (Å²) in [5.41, 5.74) is 0.697. The third-order valence-corrected chi connectivity index (χ3v) is 4.13. The quantitative estimate of drug-likeness (QED) is 0.747. The molecule has 1 aromatic carbocycles. The Bertz CT molecular complexity index is 464. The van der Waals surface area contributed by atoms with Gasteiger partial charge in [0.1, 0.15) is 5.82 Å². The maximum absolute atomic E-state index is 13.5. The first-order valence-electron chi connectivity index (χ1n) is 7.96. The van der Waals surface area contributed by atoms with Gasteiger partial charge in [-0.2, -0.15) is 0 Å². The van der Waals surface area contributed by atoms with Gasteiger partial charge in [-0.15, -0.1) is 0 Å². The Morgan fingerprint density at radius 2 is 2.19 bits per heavy atom. The summed E-state index contributed by atoms with van der Waals surface area (Å²) in [7, 11) is 0. The van der Waals surface area contributed by atoms with Crippen molar-refractivity contribution < 1.29 is 9.18 Å². The maximum Gasteiger partial charge on any atom is 0.222 e. The second kappa shape index (κ2) is 8.13. The number of amides is 1. The van der Waals surface area contributed by atoms with Crippen LogP contribution >= 0.6 is 0 Å². The molecule has 1 atom stereocenters. The molecule has 1 unspecified atom stereocenters. The van der Waals surface area contributed by atoms with E-state index in [1.54, 1.807) is 12.1 Å². The topological polar surface area (TPSA) is 32.3 Å². The van der Waals surface area contributed by atoms with Crippen molar-refractivity contribution in [1.82, 2.24) is 10.2 Å². The number of halogens is 1. The number of likely N-dealkylation sites (tertiary alicyclic amines) is 1. The Hall–Kier alpha value is -1.42. The zero-order valence-electron chi connectivity index (χ0n) is 12.8. The summed E-state index contributed by atoms with van der Waals surface area (Å²) in [4.78, 5) is 13.9. The van der Waals surface area contributed by atoms with Gasteiger partial charge in [-0.05, 0) is 31.9 Å². The normalized spacial score (nSPS) is 18.5. The zero-order valence-corrected chi connectivity index (χ0v) is 12.8. The third-order valence-electron chi connectivity index (χ3n) is 4.13. The van der Waals surface area contributed by atoms with Gasteiger partial charge in [0, 0.05) is 31.1 Å². The van der Waals surface area contributed by atoms with Gasteiger partial charge in [0.2, 0.25) is 5.91 Å². The van der Waals surface area contributed by atoms with Crippen LogP contribution in [0.2, 0.25) is 0 Å². The van der Waals surface area contributed by atoms with E-state index in [9.17, 15) is 9.18 Å². The molecule has 1 N–H and O–H groups in total. The summed E-state index contributed by atoms with van der Waals surface area (Å²) >= 11 is 0. The fourth-order valence-electron chi connectivity index (χ4n) is 2.86. The van der Waals surface area contributed by atoms with Crippen LogP contribution in [0.5, 0.6) is 0 Å². The van der Waals surface area contributed by atoms with Crippen LogP contribution in [0.3, 0.4) is 0 Å². The number of carbonyl (C=O) groups excluding carboxylic acids is 1. The highest BCUT2D eigenvalue weighted by Crippen LogP contribution is 2.21. The second-order valence-corrected chi connectivity index (χ2v) is 5.69. The first kappa shape index (κ1) is 16.0. The van der Waals surface area contributed by atoms with Gasteiger partial charge in [0.05, 0.1) is 0 Å². The van der Waals surface area contributed by atoms with Crippen LogP contribution < -0.4 is 5.32 Å². The predicted octanol–water partition coefficient (Wildman–Crippen LogP) is 3.10. The number of nitrogens with one attached hydrogen (secondary N) is 1. The molecule has 21 heavy (non-hydrogen) atoms. The Morgan fingerprint density at radius 1 is 1.38 bits per heavy atom. The summed E-state index contributed by atoms with van der Waals surface area (Å²) in [6.07, 6.45) is 4.78. The Kier molecular flexibility index (Phi) is 6.18. The molecule has 4 heteroatoms. The largest absolute Gasteiger partial charge is 0.340 e. The van der Waals surface area contributed by atoms with E-state index in [1.807, 2.05) is 11.0 Å². The molecule has 2 rings (SSSR count). The van der Waals surface area contributed by atoms with Crippen molar-refractivity contribution in [2.75, 3.05) is 13.1 Å².